The summed E-state index contributed by atoms with van der Waals surface area (Å²) in [5.74, 6) is 11.2. The zero-order chi connectivity index (χ0) is 13.5. The first-order valence-electron chi connectivity index (χ1n) is 5.85. The summed E-state index contributed by atoms with van der Waals surface area (Å²) < 4.78 is 0. The van der Waals surface area contributed by atoms with Crippen LogP contribution in [-0.4, -0.2) is 5.17 Å². The van der Waals surface area contributed by atoms with Crippen molar-refractivity contribution in [3.05, 3.63) is 60.2 Å². The van der Waals surface area contributed by atoms with Gasteiger partial charge in [-0.2, -0.15) is 5.10 Å². The Hall–Kier alpha value is -1.98. The molecule has 19 heavy (non-hydrogen) atoms. The summed E-state index contributed by atoms with van der Waals surface area (Å²) in [6, 6.07) is 18.7. The van der Waals surface area contributed by atoms with E-state index in [-0.39, 0.29) is 0 Å². The van der Waals surface area contributed by atoms with Crippen molar-refractivity contribution in [3.63, 3.8) is 0 Å². The molecule has 4 nitrogen and oxygen atoms in total. The van der Waals surface area contributed by atoms with E-state index in [0.717, 1.165) is 5.75 Å². The number of nitrogens with zero attached hydrogens (tertiary/aromatic N) is 1. The van der Waals surface area contributed by atoms with Crippen LogP contribution < -0.4 is 17.1 Å². The van der Waals surface area contributed by atoms with E-state index in [1.807, 2.05) is 18.2 Å². The predicted molar refractivity (Wildman–Crippen MR) is 82.1 cm³/mol. The molecule has 0 atom stereocenters. The van der Waals surface area contributed by atoms with Gasteiger partial charge in [-0.05, 0) is 16.7 Å². The molecule has 0 aliphatic carbocycles. The SMILES string of the molecule is NN=C(NN)SCc1ccc(-c2ccccc2)cc1. The molecule has 2 aromatic rings. The van der Waals surface area contributed by atoms with Crippen LogP contribution in [0.1, 0.15) is 5.56 Å². The van der Waals surface area contributed by atoms with Crippen LogP contribution in [0, 0.1) is 0 Å². The predicted octanol–water partition coefficient (Wildman–Crippen LogP) is 2.28. The van der Waals surface area contributed by atoms with Gasteiger partial charge in [0.05, 0.1) is 0 Å². The number of hydrazone groups is 1. The van der Waals surface area contributed by atoms with Crippen LogP contribution in [0.4, 0.5) is 0 Å². The molecule has 0 amide bonds. The second-order valence-electron chi connectivity index (χ2n) is 3.93. The first-order chi connectivity index (χ1) is 9.33. The molecule has 0 saturated heterocycles. The molecule has 98 valence electrons. The van der Waals surface area contributed by atoms with E-state index in [9.17, 15) is 0 Å². The van der Waals surface area contributed by atoms with Crippen LogP contribution in [0.15, 0.2) is 59.7 Å². The van der Waals surface area contributed by atoms with Gasteiger partial charge < -0.3 is 11.3 Å². The molecule has 0 fully saturated rings. The molecule has 2 rings (SSSR count). The van der Waals surface area contributed by atoms with Gasteiger partial charge in [0, 0.05) is 5.75 Å². The van der Waals surface area contributed by atoms with Crippen molar-refractivity contribution in [3.8, 4) is 11.1 Å². The Balaban J connectivity index is 2.03. The molecule has 0 aromatic heterocycles. The highest BCUT2D eigenvalue weighted by atomic mass is 32.2. The molecular weight excluding hydrogens is 256 g/mol. The summed E-state index contributed by atoms with van der Waals surface area (Å²) in [5.41, 5.74) is 6.07. The average Bonchev–Trinajstić information content (AvgIpc) is 2.50. The van der Waals surface area contributed by atoms with Gasteiger partial charge in [0.25, 0.3) is 0 Å². The maximum absolute atomic E-state index is 5.27. The minimum absolute atomic E-state index is 0.520. The third-order valence-corrected chi connectivity index (χ3v) is 3.65. The highest BCUT2D eigenvalue weighted by molar-refractivity contribution is 8.13. The van der Waals surface area contributed by atoms with E-state index in [1.165, 1.54) is 28.5 Å². The monoisotopic (exact) mass is 272 g/mol. The van der Waals surface area contributed by atoms with Crippen LogP contribution in [0.2, 0.25) is 0 Å². The minimum atomic E-state index is 0.520. The first-order valence-corrected chi connectivity index (χ1v) is 6.83. The fraction of sp³-hybridized carbons (Fsp3) is 0.0714. The van der Waals surface area contributed by atoms with Crippen molar-refractivity contribution in [2.45, 2.75) is 5.75 Å². The molecule has 5 N–H and O–H groups in total. The third-order valence-electron chi connectivity index (χ3n) is 2.68. The van der Waals surface area contributed by atoms with Crippen molar-refractivity contribution in [1.29, 1.82) is 0 Å². The van der Waals surface area contributed by atoms with Crippen LogP contribution >= 0.6 is 11.8 Å². The van der Waals surface area contributed by atoms with Crippen LogP contribution in [0.25, 0.3) is 11.1 Å². The number of nitrogens with one attached hydrogen (secondary N) is 1. The molecule has 0 heterocycles. The summed E-state index contributed by atoms with van der Waals surface area (Å²) in [4.78, 5) is 0. The lowest BCUT2D eigenvalue weighted by molar-refractivity contribution is 1.03. The zero-order valence-electron chi connectivity index (χ0n) is 10.4. The summed E-state index contributed by atoms with van der Waals surface area (Å²) >= 11 is 1.47. The zero-order valence-corrected chi connectivity index (χ0v) is 11.2. The Kier molecular flexibility index (Phi) is 4.83. The number of rotatable bonds is 3. The maximum Gasteiger partial charge on any atom is 0.194 e. The van der Waals surface area contributed by atoms with E-state index in [4.69, 9.17) is 11.7 Å². The summed E-state index contributed by atoms with van der Waals surface area (Å²) in [5, 5.41) is 4.05. The Morgan fingerprint density at radius 1 is 1.00 bits per heavy atom. The number of hydrazine groups is 1. The smallest absolute Gasteiger partial charge is 0.194 e. The van der Waals surface area contributed by atoms with Crippen molar-refractivity contribution in [1.82, 2.24) is 5.43 Å². The lowest BCUT2D eigenvalue weighted by atomic mass is 10.0. The molecule has 5 heteroatoms. The number of nitrogens with two attached hydrogens (primary N) is 2. The van der Waals surface area contributed by atoms with E-state index in [2.05, 4.69) is 46.9 Å². The second kappa shape index (κ2) is 6.82. The lowest BCUT2D eigenvalue weighted by Gasteiger charge is -2.05. The van der Waals surface area contributed by atoms with E-state index < -0.39 is 0 Å². The molecule has 0 bridgehead atoms. The van der Waals surface area contributed by atoms with Gasteiger partial charge >= 0.3 is 0 Å². The number of hydrogen-bond acceptors (Lipinski definition) is 4. The molecule has 0 aliphatic rings. The maximum atomic E-state index is 5.27. The standard InChI is InChI=1S/C14H16N4S/c15-17-14(18-16)19-10-11-6-8-13(9-7-11)12-4-2-1-3-5-12/h1-9H,10,15-16H2,(H,17,18). The first kappa shape index (κ1) is 13.5. The topological polar surface area (TPSA) is 76.4 Å². The molecule has 0 aliphatic heterocycles. The second-order valence-corrected chi connectivity index (χ2v) is 4.89. The largest absolute Gasteiger partial charge is 0.321 e. The summed E-state index contributed by atoms with van der Waals surface area (Å²) in [6.45, 7) is 0. The number of thioether (sulfide) groups is 1. The Morgan fingerprint density at radius 2 is 1.63 bits per heavy atom. The fourth-order valence-electron chi connectivity index (χ4n) is 1.69. The van der Waals surface area contributed by atoms with Gasteiger partial charge in [-0.25, -0.2) is 5.84 Å². The lowest BCUT2D eigenvalue weighted by Crippen LogP contribution is -2.28. The third kappa shape index (κ3) is 3.74. The van der Waals surface area contributed by atoms with Gasteiger partial charge in [-0.1, -0.05) is 66.4 Å². The Labute approximate surface area is 116 Å². The summed E-state index contributed by atoms with van der Waals surface area (Å²) in [7, 11) is 0. The van der Waals surface area contributed by atoms with Gasteiger partial charge in [-0.15, -0.1) is 0 Å². The molecule has 0 unspecified atom stereocenters. The number of amidine groups is 1. The normalized spacial score (nSPS) is 11.3. The molecule has 2 aromatic carbocycles. The fourth-order valence-corrected chi connectivity index (χ4v) is 2.35. The highest BCUT2D eigenvalue weighted by Gasteiger charge is 2.00. The Bertz CT molecular complexity index is 537. The van der Waals surface area contributed by atoms with Crippen LogP contribution in [0.3, 0.4) is 0 Å². The molecule has 0 spiro atoms. The van der Waals surface area contributed by atoms with E-state index in [1.54, 1.807) is 0 Å². The van der Waals surface area contributed by atoms with Crippen molar-refractivity contribution in [2.24, 2.45) is 16.8 Å². The van der Waals surface area contributed by atoms with Crippen molar-refractivity contribution in [2.75, 3.05) is 0 Å². The van der Waals surface area contributed by atoms with Gasteiger partial charge in [0.15, 0.2) is 5.17 Å². The highest BCUT2D eigenvalue weighted by Crippen LogP contribution is 2.21. The average molecular weight is 272 g/mol. The quantitative estimate of drug-likeness (QED) is 0.347. The Morgan fingerprint density at radius 3 is 2.21 bits per heavy atom. The molecule has 0 saturated carbocycles. The van der Waals surface area contributed by atoms with Gasteiger partial charge in [0.1, 0.15) is 0 Å². The van der Waals surface area contributed by atoms with Crippen LogP contribution in [-0.2, 0) is 5.75 Å². The van der Waals surface area contributed by atoms with Gasteiger partial charge in [0.2, 0.25) is 0 Å². The van der Waals surface area contributed by atoms with E-state index >= 15 is 0 Å². The van der Waals surface area contributed by atoms with Gasteiger partial charge in [-0.3, -0.25) is 0 Å². The number of hydrogen-bond donors (Lipinski definition) is 3. The summed E-state index contributed by atoms with van der Waals surface area (Å²) in [6.07, 6.45) is 0. The van der Waals surface area contributed by atoms with Crippen LogP contribution in [0.5, 0.6) is 0 Å². The molecular formula is C14H16N4S. The van der Waals surface area contributed by atoms with Crippen molar-refractivity contribution >= 4 is 16.9 Å². The number of benzene rings is 2. The molecule has 0 radical (unpaired) electrons. The van der Waals surface area contributed by atoms with Crippen molar-refractivity contribution < 1.29 is 0 Å². The minimum Gasteiger partial charge on any atom is -0.321 e. The van der Waals surface area contributed by atoms with E-state index in [0.29, 0.717) is 5.17 Å².